The summed E-state index contributed by atoms with van der Waals surface area (Å²) in [6, 6.07) is 9.99. The Labute approximate surface area is 174 Å². The predicted molar refractivity (Wildman–Crippen MR) is 106 cm³/mol. The minimum Gasteiger partial charge on any atom is -0.468 e. The SMILES string of the molecule is COCCn1nnnc1C(c1ccc(F)cc1)N(Cc1ccco1)CC1CCCO1. The number of ether oxygens (including phenoxy) is 2. The van der Waals surface area contributed by atoms with Crippen LogP contribution in [0.5, 0.6) is 0 Å². The first kappa shape index (κ1) is 20.6. The Morgan fingerprint density at radius 2 is 2.17 bits per heavy atom. The molecule has 2 aromatic heterocycles. The van der Waals surface area contributed by atoms with Crippen LogP contribution in [0.2, 0.25) is 0 Å². The molecule has 0 aliphatic carbocycles. The van der Waals surface area contributed by atoms with Gasteiger partial charge in [-0.3, -0.25) is 4.90 Å². The highest BCUT2D eigenvalue weighted by atomic mass is 19.1. The highest BCUT2D eigenvalue weighted by molar-refractivity contribution is 5.25. The molecule has 0 radical (unpaired) electrons. The number of methoxy groups -OCH3 is 1. The number of aromatic nitrogens is 4. The van der Waals surface area contributed by atoms with E-state index in [2.05, 4.69) is 20.4 Å². The van der Waals surface area contributed by atoms with E-state index in [0.29, 0.717) is 32.1 Å². The molecule has 2 atom stereocenters. The molecule has 9 heteroatoms. The summed E-state index contributed by atoms with van der Waals surface area (Å²) < 4.78 is 32.1. The fourth-order valence-corrected chi connectivity index (χ4v) is 3.83. The number of benzene rings is 1. The molecule has 1 aliphatic heterocycles. The van der Waals surface area contributed by atoms with Crippen molar-refractivity contribution in [2.45, 2.75) is 38.1 Å². The zero-order valence-electron chi connectivity index (χ0n) is 17.0. The zero-order valence-corrected chi connectivity index (χ0v) is 17.0. The smallest absolute Gasteiger partial charge is 0.173 e. The van der Waals surface area contributed by atoms with E-state index < -0.39 is 0 Å². The molecule has 30 heavy (non-hydrogen) atoms. The van der Waals surface area contributed by atoms with E-state index >= 15 is 0 Å². The molecule has 0 saturated carbocycles. The van der Waals surface area contributed by atoms with Gasteiger partial charge in [0.1, 0.15) is 11.6 Å². The van der Waals surface area contributed by atoms with Crippen molar-refractivity contribution in [2.24, 2.45) is 0 Å². The van der Waals surface area contributed by atoms with Gasteiger partial charge in [0, 0.05) is 20.3 Å². The first-order chi connectivity index (χ1) is 14.7. The molecule has 1 aromatic carbocycles. The summed E-state index contributed by atoms with van der Waals surface area (Å²) in [6.07, 6.45) is 3.83. The quantitative estimate of drug-likeness (QED) is 0.504. The molecule has 1 fully saturated rings. The van der Waals surface area contributed by atoms with E-state index in [9.17, 15) is 4.39 Å². The molecule has 3 aromatic rings. The molecule has 0 spiro atoms. The van der Waals surface area contributed by atoms with Crippen LogP contribution in [0.25, 0.3) is 0 Å². The van der Waals surface area contributed by atoms with Gasteiger partial charge in [-0.05, 0) is 53.1 Å². The normalized spacial score (nSPS) is 17.6. The summed E-state index contributed by atoms with van der Waals surface area (Å²) >= 11 is 0. The molecule has 8 nitrogen and oxygen atoms in total. The van der Waals surface area contributed by atoms with Gasteiger partial charge in [0.15, 0.2) is 5.82 Å². The van der Waals surface area contributed by atoms with Crippen LogP contribution in [0.3, 0.4) is 0 Å². The first-order valence-electron chi connectivity index (χ1n) is 10.1. The molecular formula is C21H26FN5O3. The maximum atomic E-state index is 13.7. The van der Waals surface area contributed by atoms with Gasteiger partial charge in [-0.2, -0.15) is 0 Å². The van der Waals surface area contributed by atoms with Crippen molar-refractivity contribution in [1.29, 1.82) is 0 Å². The molecule has 1 aliphatic rings. The summed E-state index contributed by atoms with van der Waals surface area (Å²) in [5, 5.41) is 12.4. The molecule has 3 heterocycles. The van der Waals surface area contributed by atoms with Crippen molar-refractivity contribution in [3.05, 3.63) is 65.6 Å². The van der Waals surface area contributed by atoms with Gasteiger partial charge in [-0.25, -0.2) is 9.07 Å². The Morgan fingerprint density at radius 3 is 2.87 bits per heavy atom. The second kappa shape index (κ2) is 9.92. The van der Waals surface area contributed by atoms with Gasteiger partial charge in [0.2, 0.25) is 0 Å². The zero-order chi connectivity index (χ0) is 20.8. The van der Waals surface area contributed by atoms with Gasteiger partial charge >= 0.3 is 0 Å². The molecule has 2 unspecified atom stereocenters. The summed E-state index contributed by atoms with van der Waals surface area (Å²) in [4.78, 5) is 2.23. The van der Waals surface area contributed by atoms with E-state index in [1.54, 1.807) is 30.2 Å². The Hall–Kier alpha value is -2.62. The maximum Gasteiger partial charge on any atom is 0.173 e. The van der Waals surface area contributed by atoms with Crippen molar-refractivity contribution in [3.8, 4) is 0 Å². The second-order valence-corrected chi connectivity index (χ2v) is 7.35. The number of furan rings is 1. The van der Waals surface area contributed by atoms with E-state index in [1.807, 2.05) is 12.1 Å². The van der Waals surface area contributed by atoms with Gasteiger partial charge in [-0.15, -0.1) is 5.10 Å². The van der Waals surface area contributed by atoms with E-state index in [0.717, 1.165) is 30.8 Å². The summed E-state index contributed by atoms with van der Waals surface area (Å²) in [7, 11) is 1.64. The third-order valence-electron chi connectivity index (χ3n) is 5.26. The van der Waals surface area contributed by atoms with Crippen molar-refractivity contribution in [2.75, 3.05) is 26.9 Å². The average molecular weight is 415 g/mol. The average Bonchev–Trinajstić information content (AvgIpc) is 3.52. The highest BCUT2D eigenvalue weighted by Crippen LogP contribution is 2.30. The minimum absolute atomic E-state index is 0.117. The van der Waals surface area contributed by atoms with Gasteiger partial charge < -0.3 is 13.9 Å². The minimum atomic E-state index is -0.299. The number of hydrogen-bond donors (Lipinski definition) is 0. The Balaban J connectivity index is 1.72. The lowest BCUT2D eigenvalue weighted by Gasteiger charge is -2.32. The molecule has 160 valence electrons. The number of halogens is 1. The van der Waals surface area contributed by atoms with Crippen LogP contribution >= 0.6 is 0 Å². The van der Waals surface area contributed by atoms with Crippen LogP contribution in [0.15, 0.2) is 47.1 Å². The second-order valence-electron chi connectivity index (χ2n) is 7.35. The molecule has 4 rings (SSSR count). The number of tetrazole rings is 1. The fourth-order valence-electron chi connectivity index (χ4n) is 3.83. The maximum absolute atomic E-state index is 13.7. The lowest BCUT2D eigenvalue weighted by atomic mass is 10.0. The summed E-state index contributed by atoms with van der Waals surface area (Å²) in [5.74, 6) is 1.22. The standard InChI is InChI=1S/C21H26FN5O3/c1-28-13-10-27-21(23-24-25-27)20(16-6-8-17(22)9-7-16)26(14-18-4-2-11-29-18)15-19-5-3-12-30-19/h2,4,6-9,11,19-20H,3,5,10,12-15H2,1H3. The third-order valence-corrected chi connectivity index (χ3v) is 5.26. The fraction of sp³-hybridized carbons (Fsp3) is 0.476. The van der Waals surface area contributed by atoms with Gasteiger partial charge in [0.25, 0.3) is 0 Å². The Morgan fingerprint density at radius 1 is 1.30 bits per heavy atom. The molecule has 0 amide bonds. The number of nitrogens with zero attached hydrogens (tertiary/aromatic N) is 5. The lowest BCUT2D eigenvalue weighted by Crippen LogP contribution is -2.37. The van der Waals surface area contributed by atoms with Crippen LogP contribution in [-0.2, 0) is 22.6 Å². The first-order valence-corrected chi connectivity index (χ1v) is 10.1. The van der Waals surface area contributed by atoms with Crippen LogP contribution < -0.4 is 0 Å². The van der Waals surface area contributed by atoms with Gasteiger partial charge in [0.05, 0.1) is 38.1 Å². The Bertz CT molecular complexity index is 894. The number of rotatable bonds is 10. The van der Waals surface area contributed by atoms with Crippen LogP contribution in [0.1, 0.15) is 36.0 Å². The van der Waals surface area contributed by atoms with Crippen LogP contribution in [-0.4, -0.2) is 58.1 Å². The topological polar surface area (TPSA) is 78.4 Å². The van der Waals surface area contributed by atoms with Crippen molar-refractivity contribution in [3.63, 3.8) is 0 Å². The highest BCUT2D eigenvalue weighted by Gasteiger charge is 2.31. The monoisotopic (exact) mass is 415 g/mol. The van der Waals surface area contributed by atoms with E-state index in [4.69, 9.17) is 13.9 Å². The molecule has 0 bridgehead atoms. The van der Waals surface area contributed by atoms with Crippen molar-refractivity contribution >= 4 is 0 Å². The van der Waals surface area contributed by atoms with Gasteiger partial charge in [-0.1, -0.05) is 12.1 Å². The molecule has 0 N–H and O–H groups in total. The number of hydrogen-bond acceptors (Lipinski definition) is 7. The van der Waals surface area contributed by atoms with Crippen LogP contribution in [0, 0.1) is 5.82 Å². The molecule has 1 saturated heterocycles. The van der Waals surface area contributed by atoms with Crippen molar-refractivity contribution in [1.82, 2.24) is 25.1 Å². The molecular weight excluding hydrogens is 389 g/mol. The summed E-state index contributed by atoms with van der Waals surface area (Å²) in [6.45, 7) is 3.00. The third kappa shape index (κ3) is 4.92. The Kier molecular flexibility index (Phi) is 6.83. The van der Waals surface area contributed by atoms with E-state index in [-0.39, 0.29) is 18.0 Å². The van der Waals surface area contributed by atoms with Crippen molar-refractivity contribution < 1.29 is 18.3 Å². The predicted octanol–water partition coefficient (Wildman–Crippen LogP) is 2.82. The lowest BCUT2D eigenvalue weighted by molar-refractivity contribution is 0.0543. The van der Waals surface area contributed by atoms with Crippen LogP contribution in [0.4, 0.5) is 4.39 Å². The summed E-state index contributed by atoms with van der Waals surface area (Å²) in [5.41, 5.74) is 0.898. The largest absolute Gasteiger partial charge is 0.468 e. The van der Waals surface area contributed by atoms with E-state index in [1.165, 1.54) is 12.1 Å².